The molecule has 1 saturated heterocycles. The van der Waals surface area contributed by atoms with Crippen molar-refractivity contribution in [2.24, 2.45) is 0 Å². The Morgan fingerprint density at radius 1 is 0.956 bits per heavy atom. The molecule has 0 radical (unpaired) electrons. The van der Waals surface area contributed by atoms with Gasteiger partial charge in [-0.15, -0.1) is 0 Å². The number of aromatic nitrogens is 1. The summed E-state index contributed by atoms with van der Waals surface area (Å²) in [7, 11) is 3.16. The van der Waals surface area contributed by atoms with Crippen molar-refractivity contribution in [2.75, 3.05) is 33.9 Å². The van der Waals surface area contributed by atoms with E-state index in [4.69, 9.17) is 18.9 Å². The maximum atomic E-state index is 13.3. The third kappa shape index (κ3) is 7.29. The van der Waals surface area contributed by atoms with E-state index in [2.05, 4.69) is 44.8 Å². The molecule has 2 atom stereocenters. The zero-order valence-electron chi connectivity index (χ0n) is 25.6. The van der Waals surface area contributed by atoms with Gasteiger partial charge in [-0.2, -0.15) is 0 Å². The predicted octanol–water partition coefficient (Wildman–Crippen LogP) is 4.03. The van der Waals surface area contributed by atoms with Crippen LogP contribution in [0.25, 0.3) is 10.9 Å². The van der Waals surface area contributed by atoms with Crippen LogP contribution in [0.3, 0.4) is 0 Å². The molecule has 2 amide bonds. The molecule has 3 aliphatic heterocycles. The number of pyridine rings is 1. The summed E-state index contributed by atoms with van der Waals surface area (Å²) in [4.78, 5) is 33.0. The molecule has 0 unspecified atom stereocenters. The van der Waals surface area contributed by atoms with Gasteiger partial charge >= 0.3 is 0 Å². The molecule has 2 N–H and O–H groups in total. The number of amides is 2. The number of aryl methyl sites for hydroxylation is 1. The maximum Gasteiger partial charge on any atom is 0.258 e. The molecule has 4 heterocycles. The van der Waals surface area contributed by atoms with Crippen LogP contribution >= 0.6 is 0 Å². The third-order valence-corrected chi connectivity index (χ3v) is 8.34. The van der Waals surface area contributed by atoms with Gasteiger partial charge in [0.1, 0.15) is 17.6 Å². The Morgan fingerprint density at radius 2 is 1.82 bits per heavy atom. The number of methoxy groups -OCH3 is 2. The first-order chi connectivity index (χ1) is 22.0. The molecule has 3 aromatic carbocycles. The molecule has 7 rings (SSSR count). The number of nitrogens with one attached hydrogen (secondary N) is 2. The van der Waals surface area contributed by atoms with Gasteiger partial charge in [-0.25, -0.2) is 0 Å². The predicted molar refractivity (Wildman–Crippen MR) is 170 cm³/mol. The molecule has 10 heteroatoms. The largest absolute Gasteiger partial charge is 0.496 e. The minimum absolute atomic E-state index is 0.0816. The molecular formula is C35H38N4O6. The van der Waals surface area contributed by atoms with E-state index in [9.17, 15) is 9.59 Å². The highest BCUT2D eigenvalue weighted by molar-refractivity contribution is 5.81. The smallest absolute Gasteiger partial charge is 0.258 e. The van der Waals surface area contributed by atoms with Crippen LogP contribution in [0, 0.1) is 0 Å². The van der Waals surface area contributed by atoms with E-state index in [1.54, 1.807) is 20.3 Å². The molecule has 3 aliphatic rings. The Kier molecular flexibility index (Phi) is 9.30. The number of para-hydroxylation sites is 1. The summed E-state index contributed by atoms with van der Waals surface area (Å²) in [6.07, 6.45) is 3.03. The second-order valence-electron chi connectivity index (χ2n) is 11.4. The number of fused-ring (bicyclic) bond motifs is 10. The lowest BCUT2D eigenvalue weighted by atomic mass is 10.00. The number of carbonyl (C=O) groups excluding carboxylic acids is 2. The number of carbonyl (C=O) groups is 2. The Balaban J connectivity index is 1.26. The standard InChI is InChI=1S/C35H38N4O6/c1-42-30-12-8-23-9-13-33(40)37-19-25-10-11-27(18-31(25)43-2)45-29-14-16-39(21-28(29)38-34(41)22-44-32(30)17-23)20-26-6-3-5-24-7-4-15-36-35(24)26/h3-8,10-12,15,17-18,28-29H,9,13-14,16,19-22H2,1-2H3,(H,37,40)(H,38,41)/t28-,29+/m1/s1. The highest BCUT2D eigenvalue weighted by atomic mass is 16.5. The SMILES string of the molecule is COc1cc2ccc1CNC(=O)CCc1ccc(OC)c(c1)OCC(=O)N[C@@H]1CN(Cc3cccc4cccnc34)CC[C@@H]1O2. The lowest BCUT2D eigenvalue weighted by Gasteiger charge is -2.39. The van der Waals surface area contributed by atoms with Crippen molar-refractivity contribution in [1.29, 1.82) is 0 Å². The normalized spacial score (nSPS) is 19.5. The summed E-state index contributed by atoms with van der Waals surface area (Å²) in [5.74, 6) is 1.88. The number of likely N-dealkylation sites (tertiary alicyclic amines) is 1. The van der Waals surface area contributed by atoms with Crippen molar-refractivity contribution in [1.82, 2.24) is 20.5 Å². The van der Waals surface area contributed by atoms with Crippen molar-refractivity contribution in [2.45, 2.75) is 44.5 Å². The minimum Gasteiger partial charge on any atom is -0.496 e. The molecule has 4 aromatic rings. The fraction of sp³-hybridized carbons (Fsp3) is 0.343. The van der Waals surface area contributed by atoms with Gasteiger partial charge in [0.05, 0.1) is 25.8 Å². The highest BCUT2D eigenvalue weighted by Gasteiger charge is 2.33. The summed E-state index contributed by atoms with van der Waals surface area (Å²) in [5.41, 5.74) is 3.87. The van der Waals surface area contributed by atoms with Gasteiger partial charge in [0, 0.05) is 55.8 Å². The number of hydrogen-bond donors (Lipinski definition) is 2. The van der Waals surface area contributed by atoms with Crippen molar-refractivity contribution >= 4 is 22.7 Å². The monoisotopic (exact) mass is 610 g/mol. The molecule has 234 valence electrons. The lowest BCUT2D eigenvalue weighted by molar-refractivity contribution is -0.125. The van der Waals surface area contributed by atoms with Crippen LogP contribution in [-0.2, 0) is 29.1 Å². The zero-order valence-corrected chi connectivity index (χ0v) is 25.6. The van der Waals surface area contributed by atoms with Gasteiger partial charge < -0.3 is 29.6 Å². The summed E-state index contributed by atoms with van der Waals surface area (Å²) < 4.78 is 23.6. The molecule has 1 aromatic heterocycles. The fourth-order valence-corrected chi connectivity index (χ4v) is 6.00. The maximum absolute atomic E-state index is 13.3. The molecule has 1 fully saturated rings. The molecular weight excluding hydrogens is 572 g/mol. The second-order valence-corrected chi connectivity index (χ2v) is 11.4. The Bertz CT molecular complexity index is 1670. The fourth-order valence-electron chi connectivity index (χ4n) is 6.00. The van der Waals surface area contributed by atoms with Gasteiger partial charge in [0.25, 0.3) is 5.91 Å². The van der Waals surface area contributed by atoms with Gasteiger partial charge in [-0.1, -0.05) is 30.3 Å². The number of hydrogen-bond acceptors (Lipinski definition) is 8. The van der Waals surface area contributed by atoms with Crippen molar-refractivity contribution in [3.05, 3.63) is 89.6 Å². The van der Waals surface area contributed by atoms with Gasteiger partial charge in [-0.3, -0.25) is 19.5 Å². The summed E-state index contributed by atoms with van der Waals surface area (Å²) in [5, 5.41) is 7.27. The number of ether oxygens (including phenoxy) is 4. The quantitative estimate of drug-likeness (QED) is 0.357. The van der Waals surface area contributed by atoms with Gasteiger partial charge in [-0.05, 0) is 54.3 Å². The Morgan fingerprint density at radius 3 is 2.69 bits per heavy atom. The van der Waals surface area contributed by atoms with E-state index < -0.39 is 0 Å². The highest BCUT2D eigenvalue weighted by Crippen LogP contribution is 2.30. The molecule has 0 spiro atoms. The van der Waals surface area contributed by atoms with Gasteiger partial charge in [0.15, 0.2) is 18.1 Å². The van der Waals surface area contributed by atoms with E-state index in [0.29, 0.717) is 61.9 Å². The first-order valence-corrected chi connectivity index (χ1v) is 15.2. The molecule has 0 aliphatic carbocycles. The molecule has 4 bridgehead atoms. The van der Waals surface area contributed by atoms with Crippen LogP contribution in [0.2, 0.25) is 0 Å². The Labute approximate surface area is 262 Å². The molecule has 45 heavy (non-hydrogen) atoms. The average molecular weight is 611 g/mol. The minimum atomic E-state index is -0.307. The van der Waals surface area contributed by atoms with Crippen LogP contribution in [-0.4, -0.2) is 67.8 Å². The summed E-state index contributed by atoms with van der Waals surface area (Å²) >= 11 is 0. The van der Waals surface area contributed by atoms with Crippen LogP contribution in [0.15, 0.2) is 72.9 Å². The summed E-state index contributed by atoms with van der Waals surface area (Å²) in [6.45, 7) is 2.20. The van der Waals surface area contributed by atoms with Crippen molar-refractivity contribution < 1.29 is 28.5 Å². The van der Waals surface area contributed by atoms with E-state index in [1.807, 2.05) is 42.6 Å². The van der Waals surface area contributed by atoms with Crippen LogP contribution < -0.4 is 29.6 Å². The number of nitrogens with zero attached hydrogens (tertiary/aromatic N) is 2. The third-order valence-electron chi connectivity index (χ3n) is 8.34. The van der Waals surface area contributed by atoms with E-state index in [0.717, 1.165) is 34.1 Å². The van der Waals surface area contributed by atoms with E-state index in [1.165, 1.54) is 0 Å². The molecule has 0 saturated carbocycles. The average Bonchev–Trinajstić information content (AvgIpc) is 3.06. The number of benzene rings is 3. The van der Waals surface area contributed by atoms with E-state index >= 15 is 0 Å². The zero-order chi connectivity index (χ0) is 31.2. The summed E-state index contributed by atoms with van der Waals surface area (Å²) in [6, 6.07) is 21.1. The topological polar surface area (TPSA) is 111 Å². The number of rotatable bonds is 4. The van der Waals surface area contributed by atoms with Crippen molar-refractivity contribution in [3.63, 3.8) is 0 Å². The van der Waals surface area contributed by atoms with Crippen LogP contribution in [0.5, 0.6) is 23.0 Å². The lowest BCUT2D eigenvalue weighted by Crippen LogP contribution is -2.57. The first kappa shape index (κ1) is 30.2. The van der Waals surface area contributed by atoms with Crippen molar-refractivity contribution in [3.8, 4) is 23.0 Å². The van der Waals surface area contributed by atoms with E-state index in [-0.39, 0.29) is 30.6 Å². The first-order valence-electron chi connectivity index (χ1n) is 15.2. The second kappa shape index (κ2) is 13.9. The van der Waals surface area contributed by atoms with Crippen LogP contribution in [0.4, 0.5) is 0 Å². The van der Waals surface area contributed by atoms with Gasteiger partial charge in [0.2, 0.25) is 5.91 Å². The molecule has 10 nitrogen and oxygen atoms in total. The van der Waals surface area contributed by atoms with Crippen LogP contribution in [0.1, 0.15) is 29.5 Å². The Hall–Kier alpha value is -4.83. The number of piperidine rings is 1.